The van der Waals surface area contributed by atoms with Gasteiger partial charge in [-0.25, -0.2) is 0 Å². The standard InChI is InChI=1S/C58H104/c1-3-5-7-9-11-13-15-17-19-21-23-25-27-29-31-33-35-37-39-41-43-45-49-55-53-54-56-50-47-48-52-58(56)57(55)51-46-44-42-40-38-36-34-32-30-28-26-24-22-20-18-16-14-12-10-8-6-4-2/h47-48,50,52-54H,3-46,49,51H2,1-2H3. The highest BCUT2D eigenvalue weighted by atomic mass is 14.1. The minimum absolute atomic E-state index is 1.27. The first-order valence-electron chi connectivity index (χ1n) is 27.4. The van der Waals surface area contributed by atoms with Crippen LogP contribution in [-0.2, 0) is 12.8 Å². The van der Waals surface area contributed by atoms with Crippen LogP contribution in [0.1, 0.15) is 307 Å². The monoisotopic (exact) mass is 801 g/mol. The highest BCUT2D eigenvalue weighted by Crippen LogP contribution is 2.27. The molecular formula is C58H104. The van der Waals surface area contributed by atoms with Gasteiger partial charge in [0.25, 0.3) is 0 Å². The lowest BCUT2D eigenvalue weighted by atomic mass is 9.91. The second-order valence-corrected chi connectivity index (χ2v) is 19.3. The summed E-state index contributed by atoms with van der Waals surface area (Å²) in [6.45, 7) is 4.63. The second kappa shape index (κ2) is 42.4. The molecule has 0 atom stereocenters. The Morgan fingerprint density at radius 3 is 0.810 bits per heavy atom. The summed E-state index contributed by atoms with van der Waals surface area (Å²) < 4.78 is 0. The third-order valence-corrected chi connectivity index (χ3v) is 13.7. The molecule has 0 spiro atoms. The molecule has 0 saturated heterocycles. The number of benzene rings is 2. The van der Waals surface area contributed by atoms with Gasteiger partial charge in [0.05, 0.1) is 0 Å². The van der Waals surface area contributed by atoms with Gasteiger partial charge in [-0.2, -0.15) is 0 Å². The maximum Gasteiger partial charge on any atom is -0.0149 e. The fourth-order valence-electron chi connectivity index (χ4n) is 9.75. The van der Waals surface area contributed by atoms with Crippen LogP contribution in [0.15, 0.2) is 36.4 Å². The predicted octanol–water partition coefficient (Wildman–Crippen LogP) is 21.1. The lowest BCUT2D eigenvalue weighted by molar-refractivity contribution is 0.518. The lowest BCUT2D eigenvalue weighted by Gasteiger charge is -2.14. The van der Waals surface area contributed by atoms with Crippen LogP contribution in [0.4, 0.5) is 0 Å². The van der Waals surface area contributed by atoms with Gasteiger partial charge in [0.15, 0.2) is 0 Å². The van der Waals surface area contributed by atoms with Crippen molar-refractivity contribution < 1.29 is 0 Å². The van der Waals surface area contributed by atoms with E-state index in [2.05, 4.69) is 50.2 Å². The number of fused-ring (bicyclic) bond motifs is 1. The summed E-state index contributed by atoms with van der Waals surface area (Å²) in [6, 6.07) is 14.1. The fraction of sp³-hybridized carbons (Fsp3) is 0.828. The average Bonchev–Trinajstić information content (AvgIpc) is 3.24. The number of aryl methyl sites for hydroxylation is 2. The molecule has 0 bridgehead atoms. The molecule has 0 aliphatic carbocycles. The maximum atomic E-state index is 2.48. The summed E-state index contributed by atoms with van der Waals surface area (Å²) in [6.07, 6.45) is 66.7. The van der Waals surface area contributed by atoms with Gasteiger partial charge < -0.3 is 0 Å². The third kappa shape index (κ3) is 31.6. The van der Waals surface area contributed by atoms with Crippen LogP contribution in [0.3, 0.4) is 0 Å². The van der Waals surface area contributed by atoms with E-state index in [9.17, 15) is 0 Å². The van der Waals surface area contributed by atoms with Crippen LogP contribution in [0.25, 0.3) is 10.8 Å². The number of unbranched alkanes of at least 4 members (excludes halogenated alkanes) is 42. The highest BCUT2D eigenvalue weighted by Gasteiger charge is 2.08. The van der Waals surface area contributed by atoms with E-state index in [1.165, 1.54) is 306 Å². The van der Waals surface area contributed by atoms with Gasteiger partial charge in [-0.3, -0.25) is 0 Å². The molecule has 0 aliphatic rings. The summed E-state index contributed by atoms with van der Waals surface area (Å²) in [4.78, 5) is 0. The molecule has 336 valence electrons. The van der Waals surface area contributed by atoms with E-state index in [0.717, 1.165) is 0 Å². The fourth-order valence-corrected chi connectivity index (χ4v) is 9.75. The first kappa shape index (κ1) is 52.8. The van der Waals surface area contributed by atoms with E-state index in [1.54, 1.807) is 11.1 Å². The topological polar surface area (TPSA) is 0 Å². The van der Waals surface area contributed by atoms with Gasteiger partial charge in [-0.05, 0) is 47.6 Å². The molecule has 2 aromatic rings. The van der Waals surface area contributed by atoms with Crippen LogP contribution in [0.2, 0.25) is 0 Å². The van der Waals surface area contributed by atoms with E-state index in [0.29, 0.717) is 0 Å². The van der Waals surface area contributed by atoms with Gasteiger partial charge >= 0.3 is 0 Å². The van der Waals surface area contributed by atoms with Crippen molar-refractivity contribution >= 4 is 10.8 Å². The third-order valence-electron chi connectivity index (χ3n) is 13.7. The number of rotatable bonds is 46. The zero-order valence-electron chi connectivity index (χ0n) is 40.0. The van der Waals surface area contributed by atoms with Gasteiger partial charge in [0.2, 0.25) is 0 Å². The summed E-state index contributed by atoms with van der Waals surface area (Å²) in [5.74, 6) is 0. The minimum Gasteiger partial charge on any atom is -0.0654 e. The van der Waals surface area contributed by atoms with Gasteiger partial charge in [0.1, 0.15) is 0 Å². The van der Waals surface area contributed by atoms with Crippen LogP contribution >= 0.6 is 0 Å². The summed E-state index contributed by atoms with van der Waals surface area (Å²) in [5, 5.41) is 2.97. The van der Waals surface area contributed by atoms with Crippen molar-refractivity contribution in [3.8, 4) is 0 Å². The van der Waals surface area contributed by atoms with E-state index in [-0.39, 0.29) is 0 Å². The molecule has 0 radical (unpaired) electrons. The molecule has 0 fully saturated rings. The Kier molecular flexibility index (Phi) is 38.6. The summed E-state index contributed by atoms with van der Waals surface area (Å²) in [5.41, 5.74) is 3.32. The molecular weight excluding hydrogens is 697 g/mol. The van der Waals surface area contributed by atoms with E-state index in [1.807, 2.05) is 0 Å². The zero-order valence-corrected chi connectivity index (χ0v) is 40.0. The molecule has 0 heteroatoms. The molecule has 0 heterocycles. The molecule has 0 aromatic heterocycles. The van der Waals surface area contributed by atoms with Crippen LogP contribution in [-0.4, -0.2) is 0 Å². The van der Waals surface area contributed by atoms with Crippen molar-refractivity contribution in [3.63, 3.8) is 0 Å². The zero-order chi connectivity index (χ0) is 41.1. The minimum atomic E-state index is 1.27. The van der Waals surface area contributed by atoms with E-state index >= 15 is 0 Å². The summed E-state index contributed by atoms with van der Waals surface area (Å²) >= 11 is 0. The van der Waals surface area contributed by atoms with E-state index in [4.69, 9.17) is 0 Å². The normalized spacial score (nSPS) is 11.7. The van der Waals surface area contributed by atoms with Gasteiger partial charge in [-0.1, -0.05) is 320 Å². The molecule has 58 heavy (non-hydrogen) atoms. The van der Waals surface area contributed by atoms with Crippen molar-refractivity contribution in [1.82, 2.24) is 0 Å². The highest BCUT2D eigenvalue weighted by molar-refractivity contribution is 5.86. The molecule has 2 rings (SSSR count). The van der Waals surface area contributed by atoms with Crippen molar-refractivity contribution in [3.05, 3.63) is 47.5 Å². The van der Waals surface area contributed by atoms with Gasteiger partial charge in [0, 0.05) is 0 Å². The Morgan fingerprint density at radius 1 is 0.241 bits per heavy atom. The first-order valence-corrected chi connectivity index (χ1v) is 27.4. The quantitative estimate of drug-likeness (QED) is 0.0585. The Balaban J connectivity index is 1.39. The van der Waals surface area contributed by atoms with Crippen molar-refractivity contribution in [2.45, 2.75) is 309 Å². The average molecular weight is 801 g/mol. The lowest BCUT2D eigenvalue weighted by Crippen LogP contribution is -1.97. The Morgan fingerprint density at radius 2 is 0.500 bits per heavy atom. The second-order valence-electron chi connectivity index (χ2n) is 19.3. The SMILES string of the molecule is CCCCCCCCCCCCCCCCCCCCCCCCc1ccc2ccccc2c1CCCCCCCCCCCCCCCCCCCCCCCC. The number of hydrogen-bond acceptors (Lipinski definition) is 0. The molecule has 0 unspecified atom stereocenters. The molecule has 0 saturated carbocycles. The smallest absolute Gasteiger partial charge is 0.0149 e. The molecule has 0 N–H and O–H groups in total. The van der Waals surface area contributed by atoms with E-state index < -0.39 is 0 Å². The number of hydrogen-bond donors (Lipinski definition) is 0. The Hall–Kier alpha value is -1.30. The first-order chi connectivity index (χ1) is 28.9. The predicted molar refractivity (Wildman–Crippen MR) is 266 cm³/mol. The summed E-state index contributed by atoms with van der Waals surface area (Å²) in [7, 11) is 0. The maximum absolute atomic E-state index is 2.48. The van der Waals surface area contributed by atoms with Gasteiger partial charge in [-0.15, -0.1) is 0 Å². The Labute approximate surface area is 366 Å². The Bertz CT molecular complexity index is 1100. The van der Waals surface area contributed by atoms with Crippen LogP contribution < -0.4 is 0 Å². The molecule has 0 aliphatic heterocycles. The molecule has 0 amide bonds. The largest absolute Gasteiger partial charge is 0.0654 e. The van der Waals surface area contributed by atoms with Crippen LogP contribution in [0, 0.1) is 0 Å². The molecule has 0 nitrogen and oxygen atoms in total. The van der Waals surface area contributed by atoms with Crippen molar-refractivity contribution in [1.29, 1.82) is 0 Å². The van der Waals surface area contributed by atoms with Crippen molar-refractivity contribution in [2.75, 3.05) is 0 Å². The van der Waals surface area contributed by atoms with Crippen molar-refractivity contribution in [2.24, 2.45) is 0 Å². The molecule has 2 aromatic carbocycles. The van der Waals surface area contributed by atoms with Crippen LogP contribution in [0.5, 0.6) is 0 Å².